The van der Waals surface area contributed by atoms with Crippen molar-refractivity contribution in [1.29, 1.82) is 0 Å². The molecule has 0 atom stereocenters. The first kappa shape index (κ1) is 23.2. The zero-order valence-corrected chi connectivity index (χ0v) is 18.3. The average Bonchev–Trinajstić information content (AvgIpc) is 3.08. The maximum absolute atomic E-state index is 14.5. The van der Waals surface area contributed by atoms with E-state index in [9.17, 15) is 22.4 Å². The standard InChI is InChI=1S/C24H22F4N2O2/c1-13-17(25)19(27)21(20(28)18(13)26)30-23(31)16(22(29-30)24(2,3)4)8-6-7-14-9-11-15(32-5)12-10-14/h6-12H,1-5H3. The van der Waals surface area contributed by atoms with E-state index in [0.717, 1.165) is 12.5 Å². The van der Waals surface area contributed by atoms with Crippen LogP contribution in [0, 0.1) is 35.6 Å². The number of rotatable bonds is 4. The van der Waals surface area contributed by atoms with Crippen molar-refractivity contribution in [2.75, 3.05) is 12.1 Å². The monoisotopic (exact) mass is 446 g/mol. The highest BCUT2D eigenvalue weighted by atomic mass is 19.2. The van der Waals surface area contributed by atoms with Crippen LogP contribution >= 0.6 is 0 Å². The number of benzene rings is 2. The van der Waals surface area contributed by atoms with Crippen LogP contribution in [0.5, 0.6) is 5.75 Å². The molecule has 0 saturated carbocycles. The van der Waals surface area contributed by atoms with Crippen LogP contribution in [0.2, 0.25) is 0 Å². The van der Waals surface area contributed by atoms with Crippen molar-refractivity contribution in [2.24, 2.45) is 10.5 Å². The Kier molecular flexibility index (Phi) is 6.25. The molecule has 0 fully saturated rings. The Morgan fingerprint density at radius 2 is 1.53 bits per heavy atom. The summed E-state index contributed by atoms with van der Waals surface area (Å²) in [7, 11) is 1.55. The summed E-state index contributed by atoms with van der Waals surface area (Å²) in [5, 5.41) is 4.42. The summed E-state index contributed by atoms with van der Waals surface area (Å²) in [5.41, 5.74) is -1.59. The number of nitrogens with zero attached hydrogens (tertiary/aromatic N) is 2. The van der Waals surface area contributed by atoms with Crippen molar-refractivity contribution in [2.45, 2.75) is 27.7 Å². The second-order valence-electron chi connectivity index (χ2n) is 8.26. The molecule has 0 N–H and O–H groups in total. The Hall–Kier alpha value is -3.42. The molecule has 1 aliphatic rings. The van der Waals surface area contributed by atoms with E-state index in [-0.39, 0.29) is 11.3 Å². The maximum atomic E-state index is 14.5. The Morgan fingerprint density at radius 3 is 2.03 bits per heavy atom. The number of anilines is 1. The summed E-state index contributed by atoms with van der Waals surface area (Å²) in [4.78, 5) is 13.0. The van der Waals surface area contributed by atoms with E-state index in [0.29, 0.717) is 10.8 Å². The molecule has 32 heavy (non-hydrogen) atoms. The molecule has 8 heteroatoms. The quantitative estimate of drug-likeness (QED) is 0.331. The zero-order chi connectivity index (χ0) is 23.8. The molecule has 0 bridgehead atoms. The number of methoxy groups -OCH3 is 1. The lowest BCUT2D eigenvalue weighted by Crippen LogP contribution is -2.26. The van der Waals surface area contributed by atoms with E-state index in [1.807, 2.05) is 0 Å². The molecule has 0 aliphatic carbocycles. The highest BCUT2D eigenvalue weighted by molar-refractivity contribution is 6.31. The SMILES string of the molecule is COc1ccc(C=CC=C2C(=O)N(c3c(F)c(F)c(C)c(F)c3F)N=C2C(C)(C)C)cc1. The van der Waals surface area contributed by atoms with E-state index >= 15 is 0 Å². The van der Waals surface area contributed by atoms with Crippen molar-refractivity contribution in [3.05, 3.63) is 76.4 Å². The van der Waals surface area contributed by atoms with Crippen molar-refractivity contribution < 1.29 is 27.1 Å². The molecule has 3 rings (SSSR count). The molecule has 0 unspecified atom stereocenters. The minimum Gasteiger partial charge on any atom is -0.497 e. The van der Waals surface area contributed by atoms with E-state index in [1.54, 1.807) is 64.3 Å². The topological polar surface area (TPSA) is 41.9 Å². The number of carbonyl (C=O) groups is 1. The number of halogens is 4. The van der Waals surface area contributed by atoms with Gasteiger partial charge in [-0.2, -0.15) is 10.1 Å². The first-order chi connectivity index (χ1) is 15.0. The number of hydrazone groups is 1. The van der Waals surface area contributed by atoms with Crippen molar-refractivity contribution in [3.8, 4) is 5.75 Å². The number of hydrogen-bond acceptors (Lipinski definition) is 3. The maximum Gasteiger partial charge on any atom is 0.280 e. The molecular weight excluding hydrogens is 424 g/mol. The molecule has 4 nitrogen and oxygen atoms in total. The van der Waals surface area contributed by atoms with Gasteiger partial charge in [-0.15, -0.1) is 0 Å². The normalized spacial score (nSPS) is 15.8. The zero-order valence-electron chi connectivity index (χ0n) is 18.3. The van der Waals surface area contributed by atoms with Gasteiger partial charge in [-0.05, 0) is 30.7 Å². The second kappa shape index (κ2) is 8.61. The van der Waals surface area contributed by atoms with Crippen LogP contribution < -0.4 is 9.75 Å². The van der Waals surface area contributed by atoms with E-state index in [4.69, 9.17) is 4.74 Å². The van der Waals surface area contributed by atoms with Gasteiger partial charge in [0.2, 0.25) is 0 Å². The molecular formula is C24H22F4N2O2. The van der Waals surface area contributed by atoms with Gasteiger partial charge in [0.25, 0.3) is 5.91 Å². The molecule has 1 heterocycles. The Labute approximate surface area is 183 Å². The van der Waals surface area contributed by atoms with Crippen LogP contribution in [0.15, 0.2) is 47.1 Å². The predicted octanol–water partition coefficient (Wildman–Crippen LogP) is 5.95. The lowest BCUT2D eigenvalue weighted by Gasteiger charge is -2.17. The largest absolute Gasteiger partial charge is 0.497 e. The van der Waals surface area contributed by atoms with Gasteiger partial charge in [0, 0.05) is 11.0 Å². The summed E-state index contributed by atoms with van der Waals surface area (Å²) in [5.74, 6) is -6.71. The van der Waals surface area contributed by atoms with Crippen molar-refractivity contribution in [1.82, 2.24) is 0 Å². The van der Waals surface area contributed by atoms with Crippen LogP contribution in [-0.2, 0) is 4.79 Å². The van der Waals surface area contributed by atoms with Gasteiger partial charge in [-0.3, -0.25) is 4.79 Å². The Bertz CT molecular complexity index is 1130. The molecule has 0 radical (unpaired) electrons. The molecule has 168 valence electrons. The Morgan fingerprint density at radius 1 is 0.969 bits per heavy atom. The average molecular weight is 446 g/mol. The predicted molar refractivity (Wildman–Crippen MR) is 115 cm³/mol. The van der Waals surface area contributed by atoms with Gasteiger partial charge in [0.1, 0.15) is 11.4 Å². The molecule has 1 amide bonds. The second-order valence-corrected chi connectivity index (χ2v) is 8.26. The molecule has 0 saturated heterocycles. The fourth-order valence-electron chi connectivity index (χ4n) is 3.16. The smallest absolute Gasteiger partial charge is 0.280 e. The van der Waals surface area contributed by atoms with Crippen molar-refractivity contribution >= 4 is 23.4 Å². The first-order valence-corrected chi connectivity index (χ1v) is 9.76. The van der Waals surface area contributed by atoms with Crippen LogP contribution in [0.4, 0.5) is 23.2 Å². The summed E-state index contributed by atoms with van der Waals surface area (Å²) in [6, 6.07) is 7.14. The number of hydrogen-bond donors (Lipinski definition) is 0. The number of carbonyl (C=O) groups excluding carboxylic acids is 1. The van der Waals surface area contributed by atoms with Gasteiger partial charge in [0.15, 0.2) is 23.3 Å². The van der Waals surface area contributed by atoms with Gasteiger partial charge >= 0.3 is 0 Å². The summed E-state index contributed by atoms with van der Waals surface area (Å²) in [6.45, 7) is 6.18. The van der Waals surface area contributed by atoms with Gasteiger partial charge in [-0.1, -0.05) is 45.1 Å². The van der Waals surface area contributed by atoms with Crippen molar-refractivity contribution in [3.63, 3.8) is 0 Å². The van der Waals surface area contributed by atoms with Gasteiger partial charge in [-0.25, -0.2) is 17.6 Å². The molecule has 2 aromatic carbocycles. The van der Waals surface area contributed by atoms with Gasteiger partial charge in [0.05, 0.1) is 18.4 Å². The third kappa shape index (κ3) is 4.17. The van der Waals surface area contributed by atoms with E-state index in [2.05, 4.69) is 5.10 Å². The molecule has 2 aromatic rings. The highest BCUT2D eigenvalue weighted by Gasteiger charge is 2.40. The van der Waals surface area contributed by atoms with Crippen LogP contribution in [0.3, 0.4) is 0 Å². The van der Waals surface area contributed by atoms with Crippen LogP contribution in [-0.4, -0.2) is 18.7 Å². The number of allylic oxidation sites excluding steroid dienone is 2. The first-order valence-electron chi connectivity index (χ1n) is 9.76. The lowest BCUT2D eigenvalue weighted by molar-refractivity contribution is -0.114. The van der Waals surface area contributed by atoms with E-state index in [1.165, 1.54) is 6.08 Å². The summed E-state index contributed by atoms with van der Waals surface area (Å²) >= 11 is 0. The van der Waals surface area contributed by atoms with Gasteiger partial charge < -0.3 is 4.74 Å². The lowest BCUT2D eigenvalue weighted by atomic mass is 9.85. The minimum absolute atomic E-state index is 0.0578. The molecule has 1 aliphatic heterocycles. The molecule has 0 spiro atoms. The Balaban J connectivity index is 2.05. The minimum atomic E-state index is -1.68. The summed E-state index contributed by atoms with van der Waals surface area (Å²) < 4.78 is 62.3. The number of ether oxygens (including phenoxy) is 1. The van der Waals surface area contributed by atoms with E-state index < -0.39 is 45.8 Å². The molecule has 0 aromatic heterocycles. The third-order valence-electron chi connectivity index (χ3n) is 4.93. The fraction of sp³-hybridized carbons (Fsp3) is 0.250. The highest BCUT2D eigenvalue weighted by Crippen LogP contribution is 2.36. The number of amides is 1. The van der Waals surface area contributed by atoms with Crippen LogP contribution in [0.1, 0.15) is 31.9 Å². The fourth-order valence-corrected chi connectivity index (χ4v) is 3.16. The summed E-state index contributed by atoms with van der Waals surface area (Å²) in [6.07, 6.45) is 4.76. The van der Waals surface area contributed by atoms with Crippen LogP contribution in [0.25, 0.3) is 6.08 Å². The third-order valence-corrected chi connectivity index (χ3v) is 4.93.